The van der Waals surface area contributed by atoms with Gasteiger partial charge < -0.3 is 20.7 Å². The van der Waals surface area contributed by atoms with E-state index < -0.39 is 18.1 Å². The number of rotatable bonds is 9. The van der Waals surface area contributed by atoms with Crippen molar-refractivity contribution in [2.45, 2.75) is 32.0 Å². The molecule has 7 heteroatoms. The molecular weight excluding hydrogens is 386 g/mol. The van der Waals surface area contributed by atoms with Crippen molar-refractivity contribution in [1.82, 2.24) is 15.6 Å². The molecule has 0 bridgehead atoms. The first-order valence-electron chi connectivity index (χ1n) is 9.46. The van der Waals surface area contributed by atoms with Crippen LogP contribution in [0.25, 0.3) is 10.9 Å². The van der Waals surface area contributed by atoms with Crippen LogP contribution in [-0.4, -0.2) is 39.8 Å². The van der Waals surface area contributed by atoms with Gasteiger partial charge in [-0.2, -0.15) is 12.6 Å². The van der Waals surface area contributed by atoms with Gasteiger partial charge in [-0.1, -0.05) is 48.0 Å². The number of para-hydroxylation sites is 1. The summed E-state index contributed by atoms with van der Waals surface area (Å²) >= 11 is 4.25. The highest BCUT2D eigenvalue weighted by molar-refractivity contribution is 7.80. The van der Waals surface area contributed by atoms with Gasteiger partial charge in [0.25, 0.3) is 0 Å². The molecule has 29 heavy (non-hydrogen) atoms. The standard InChI is InChI=1S/C22H25N3O3S/c1-14-6-8-15(9-7-14)11-23-20(13-29)21(26)25-19(22(27)28)10-16-12-24-18-5-3-2-4-17(16)18/h2-9,12,19-20,23-24,29H,10-11,13H2,1H3,(H,25,26)(H,27,28)/t19-,20+/m0/s1. The molecule has 2 atom stereocenters. The fourth-order valence-electron chi connectivity index (χ4n) is 3.18. The van der Waals surface area contributed by atoms with Gasteiger partial charge in [0.15, 0.2) is 0 Å². The summed E-state index contributed by atoms with van der Waals surface area (Å²) in [5, 5.41) is 16.4. The Morgan fingerprint density at radius 2 is 1.83 bits per heavy atom. The molecule has 1 heterocycles. The van der Waals surface area contributed by atoms with Crippen LogP contribution in [0.5, 0.6) is 0 Å². The van der Waals surface area contributed by atoms with E-state index >= 15 is 0 Å². The fourth-order valence-corrected chi connectivity index (χ4v) is 3.47. The van der Waals surface area contributed by atoms with Crippen LogP contribution in [0.3, 0.4) is 0 Å². The number of aryl methyl sites for hydroxylation is 1. The van der Waals surface area contributed by atoms with Gasteiger partial charge in [-0.05, 0) is 24.1 Å². The minimum atomic E-state index is -1.07. The van der Waals surface area contributed by atoms with Crippen molar-refractivity contribution in [2.24, 2.45) is 0 Å². The summed E-state index contributed by atoms with van der Waals surface area (Å²) in [5.74, 6) is -1.18. The number of hydrogen-bond donors (Lipinski definition) is 5. The van der Waals surface area contributed by atoms with Crippen molar-refractivity contribution in [1.29, 1.82) is 0 Å². The molecule has 0 spiro atoms. The second-order valence-electron chi connectivity index (χ2n) is 7.06. The highest BCUT2D eigenvalue weighted by atomic mass is 32.1. The summed E-state index contributed by atoms with van der Waals surface area (Å²) in [4.78, 5) is 27.5. The van der Waals surface area contributed by atoms with Crippen LogP contribution in [0, 0.1) is 6.92 Å². The summed E-state index contributed by atoms with van der Waals surface area (Å²) in [7, 11) is 0. The lowest BCUT2D eigenvalue weighted by Crippen LogP contribution is -2.51. The Balaban J connectivity index is 1.64. The molecule has 0 radical (unpaired) electrons. The highest BCUT2D eigenvalue weighted by Gasteiger charge is 2.25. The molecule has 3 rings (SSSR count). The maximum atomic E-state index is 12.7. The van der Waals surface area contributed by atoms with Crippen LogP contribution < -0.4 is 10.6 Å². The highest BCUT2D eigenvalue weighted by Crippen LogP contribution is 2.19. The summed E-state index contributed by atoms with van der Waals surface area (Å²) < 4.78 is 0. The Hall–Kier alpha value is -2.77. The topological polar surface area (TPSA) is 94.2 Å². The first-order chi connectivity index (χ1) is 14.0. The monoisotopic (exact) mass is 411 g/mol. The lowest BCUT2D eigenvalue weighted by Gasteiger charge is -2.20. The van der Waals surface area contributed by atoms with Gasteiger partial charge in [-0.3, -0.25) is 4.79 Å². The zero-order valence-corrected chi connectivity index (χ0v) is 17.1. The molecule has 3 aromatic rings. The quantitative estimate of drug-likeness (QED) is 0.350. The lowest BCUT2D eigenvalue weighted by atomic mass is 10.0. The number of aliphatic carboxylic acids is 1. The van der Waals surface area contributed by atoms with Gasteiger partial charge in [0.1, 0.15) is 6.04 Å². The van der Waals surface area contributed by atoms with Crippen LogP contribution in [-0.2, 0) is 22.6 Å². The third-order valence-corrected chi connectivity index (χ3v) is 5.25. The number of thiol groups is 1. The molecule has 1 aromatic heterocycles. The van der Waals surface area contributed by atoms with Crippen LogP contribution in [0.4, 0.5) is 0 Å². The van der Waals surface area contributed by atoms with Crippen molar-refractivity contribution in [3.05, 3.63) is 71.4 Å². The number of aromatic nitrogens is 1. The van der Waals surface area contributed by atoms with Gasteiger partial charge >= 0.3 is 5.97 Å². The smallest absolute Gasteiger partial charge is 0.326 e. The van der Waals surface area contributed by atoms with E-state index in [1.54, 1.807) is 6.20 Å². The van der Waals surface area contributed by atoms with Crippen LogP contribution >= 0.6 is 12.6 Å². The summed E-state index contributed by atoms with van der Waals surface area (Å²) in [6.45, 7) is 2.51. The van der Waals surface area contributed by atoms with Gasteiger partial charge in [0.2, 0.25) is 5.91 Å². The van der Waals surface area contributed by atoms with Crippen LogP contribution in [0.2, 0.25) is 0 Å². The molecule has 1 amide bonds. The van der Waals surface area contributed by atoms with Gasteiger partial charge in [-0.25, -0.2) is 4.79 Å². The number of benzene rings is 2. The number of carboxylic acids is 1. The Kier molecular flexibility index (Phi) is 6.95. The van der Waals surface area contributed by atoms with Crippen molar-refractivity contribution in [3.8, 4) is 0 Å². The van der Waals surface area contributed by atoms with E-state index in [0.717, 1.165) is 22.0 Å². The number of H-pyrrole nitrogens is 1. The Labute approximate surface area is 175 Å². The Bertz CT molecular complexity index is 984. The molecule has 0 aliphatic carbocycles. The number of amides is 1. The van der Waals surface area contributed by atoms with E-state index in [4.69, 9.17) is 0 Å². The van der Waals surface area contributed by atoms with Crippen LogP contribution in [0.1, 0.15) is 16.7 Å². The van der Waals surface area contributed by atoms with Gasteiger partial charge in [0, 0.05) is 35.8 Å². The second kappa shape index (κ2) is 9.62. The molecule has 4 N–H and O–H groups in total. The van der Waals surface area contributed by atoms with Gasteiger partial charge in [0.05, 0.1) is 6.04 Å². The van der Waals surface area contributed by atoms with E-state index in [0.29, 0.717) is 6.54 Å². The molecule has 0 saturated heterocycles. The molecule has 0 saturated carbocycles. The molecule has 0 unspecified atom stereocenters. The summed E-state index contributed by atoms with van der Waals surface area (Å²) in [6.07, 6.45) is 1.99. The summed E-state index contributed by atoms with van der Waals surface area (Å²) in [6, 6.07) is 14.1. The first-order valence-corrected chi connectivity index (χ1v) is 10.1. The predicted octanol–water partition coefficient (Wildman–Crippen LogP) is 2.68. The number of nitrogens with one attached hydrogen (secondary N) is 3. The number of hydrogen-bond acceptors (Lipinski definition) is 4. The van der Waals surface area contributed by atoms with E-state index in [9.17, 15) is 14.7 Å². The molecule has 0 aliphatic heterocycles. The van der Waals surface area contributed by atoms with Crippen LogP contribution in [0.15, 0.2) is 54.7 Å². The second-order valence-corrected chi connectivity index (χ2v) is 7.43. The van der Waals surface area contributed by atoms with E-state index in [2.05, 4.69) is 28.2 Å². The summed E-state index contributed by atoms with van der Waals surface area (Å²) in [5.41, 5.74) is 4.00. The van der Waals surface area contributed by atoms with Crippen molar-refractivity contribution in [3.63, 3.8) is 0 Å². The zero-order chi connectivity index (χ0) is 20.8. The lowest BCUT2D eigenvalue weighted by molar-refractivity contribution is -0.142. The maximum absolute atomic E-state index is 12.7. The average molecular weight is 412 g/mol. The third-order valence-electron chi connectivity index (χ3n) is 4.89. The molecule has 152 valence electrons. The molecular formula is C22H25N3O3S. The normalized spacial score (nSPS) is 13.2. The van der Waals surface area contributed by atoms with E-state index in [1.807, 2.05) is 55.5 Å². The minimum Gasteiger partial charge on any atom is -0.480 e. The molecule has 0 aliphatic rings. The van der Waals surface area contributed by atoms with Crippen molar-refractivity contribution >= 4 is 35.4 Å². The number of carbonyl (C=O) groups is 2. The first kappa shape index (κ1) is 21.0. The van der Waals surface area contributed by atoms with E-state index in [-0.39, 0.29) is 18.1 Å². The zero-order valence-electron chi connectivity index (χ0n) is 16.2. The predicted molar refractivity (Wildman–Crippen MR) is 117 cm³/mol. The average Bonchev–Trinajstić information content (AvgIpc) is 3.12. The SMILES string of the molecule is Cc1ccc(CN[C@H](CS)C(=O)N[C@@H](Cc2c[nH]c3ccccc23)C(=O)O)cc1. The minimum absolute atomic E-state index is 0.197. The van der Waals surface area contributed by atoms with Crippen molar-refractivity contribution in [2.75, 3.05) is 5.75 Å². The Morgan fingerprint density at radius 3 is 2.52 bits per heavy atom. The number of aromatic amines is 1. The maximum Gasteiger partial charge on any atom is 0.326 e. The molecule has 6 nitrogen and oxygen atoms in total. The van der Waals surface area contributed by atoms with Crippen molar-refractivity contribution < 1.29 is 14.7 Å². The number of fused-ring (bicyclic) bond motifs is 1. The Morgan fingerprint density at radius 1 is 1.10 bits per heavy atom. The van der Waals surface area contributed by atoms with Gasteiger partial charge in [-0.15, -0.1) is 0 Å². The number of carboxylic acid groups (broad SMARTS) is 1. The fraction of sp³-hybridized carbons (Fsp3) is 0.273. The largest absolute Gasteiger partial charge is 0.480 e. The van der Waals surface area contributed by atoms with E-state index in [1.165, 1.54) is 5.56 Å². The third kappa shape index (κ3) is 5.40. The molecule has 2 aromatic carbocycles. The number of carbonyl (C=O) groups excluding carboxylic acids is 1. The molecule has 0 fully saturated rings.